The Hall–Kier alpha value is -4.67. The number of anilines is 1. The van der Waals surface area contributed by atoms with Gasteiger partial charge in [-0.15, -0.1) is 0 Å². The number of hydrogen-bond acceptors (Lipinski definition) is 7. The number of imidazole rings is 1. The van der Waals surface area contributed by atoms with E-state index in [1.165, 1.54) is 29.6 Å². The topological polar surface area (TPSA) is 126 Å². The third-order valence-electron chi connectivity index (χ3n) is 5.55. The van der Waals surface area contributed by atoms with Gasteiger partial charge in [0, 0.05) is 19.7 Å². The number of fused-ring (bicyclic) bond motifs is 1. The molecule has 0 bridgehead atoms. The smallest absolute Gasteiger partial charge is 0.332 e. The second kappa shape index (κ2) is 10.3. The molecular weight excluding hydrogens is 466 g/mol. The first-order valence-corrected chi connectivity index (χ1v) is 11.2. The first-order chi connectivity index (χ1) is 17.3. The summed E-state index contributed by atoms with van der Waals surface area (Å²) in [5.41, 5.74) is -0.0159. The molecule has 4 aromatic rings. The van der Waals surface area contributed by atoms with Crippen LogP contribution in [0.25, 0.3) is 11.2 Å². The molecule has 4 rings (SSSR count). The van der Waals surface area contributed by atoms with Gasteiger partial charge in [0.25, 0.3) is 11.5 Å². The van der Waals surface area contributed by atoms with E-state index >= 15 is 0 Å². The van der Waals surface area contributed by atoms with Gasteiger partial charge in [-0.1, -0.05) is 42.5 Å². The van der Waals surface area contributed by atoms with E-state index in [1.54, 1.807) is 54.6 Å². The number of carbonyl (C=O) groups excluding carboxylic acids is 2. The van der Waals surface area contributed by atoms with E-state index in [-0.39, 0.29) is 11.2 Å². The molecule has 0 saturated carbocycles. The summed E-state index contributed by atoms with van der Waals surface area (Å²) in [7, 11) is 2.82. The van der Waals surface area contributed by atoms with Crippen molar-refractivity contribution in [1.29, 1.82) is 0 Å². The van der Waals surface area contributed by atoms with Crippen molar-refractivity contribution in [3.8, 4) is 5.75 Å². The van der Waals surface area contributed by atoms with Crippen LogP contribution in [-0.4, -0.2) is 37.2 Å². The lowest BCUT2D eigenvalue weighted by Crippen LogP contribution is -2.37. The van der Waals surface area contributed by atoms with E-state index in [2.05, 4.69) is 10.3 Å². The Morgan fingerprint density at radius 2 is 1.69 bits per heavy atom. The number of aryl methyl sites for hydroxylation is 1. The fraction of sp³-hybridized carbons (Fsp3) is 0.240. The van der Waals surface area contributed by atoms with Gasteiger partial charge in [0.1, 0.15) is 12.3 Å². The molecule has 2 aromatic heterocycles. The number of amides is 1. The molecule has 1 unspecified atom stereocenters. The maximum absolute atomic E-state index is 13.2. The molecule has 0 radical (unpaired) electrons. The van der Waals surface area contributed by atoms with Crippen LogP contribution in [0, 0.1) is 0 Å². The van der Waals surface area contributed by atoms with Gasteiger partial charge < -0.3 is 19.4 Å². The van der Waals surface area contributed by atoms with E-state index in [9.17, 15) is 19.2 Å². The van der Waals surface area contributed by atoms with Crippen molar-refractivity contribution in [2.45, 2.75) is 19.6 Å². The van der Waals surface area contributed by atoms with E-state index in [1.807, 2.05) is 6.92 Å². The van der Waals surface area contributed by atoms with Crippen molar-refractivity contribution in [2.24, 2.45) is 14.1 Å². The van der Waals surface area contributed by atoms with Crippen LogP contribution in [0.2, 0.25) is 0 Å². The normalized spacial score (nSPS) is 11.8. The van der Waals surface area contributed by atoms with Gasteiger partial charge in [-0.3, -0.25) is 23.5 Å². The Labute approximate surface area is 205 Å². The van der Waals surface area contributed by atoms with Crippen molar-refractivity contribution in [2.75, 3.05) is 11.9 Å². The molecule has 0 aliphatic carbocycles. The molecule has 0 saturated heterocycles. The van der Waals surface area contributed by atoms with Gasteiger partial charge in [-0.2, -0.15) is 0 Å². The Morgan fingerprint density at radius 3 is 2.42 bits per heavy atom. The quantitative estimate of drug-likeness (QED) is 0.372. The SMILES string of the molecule is CCOc1ccccc1NC(=O)C(OC(=O)Cn1cnc2c1c(=O)n(C)c(=O)n2C)c1ccccc1. The van der Waals surface area contributed by atoms with Crippen molar-refractivity contribution in [1.82, 2.24) is 18.7 Å². The molecule has 1 atom stereocenters. The van der Waals surface area contributed by atoms with Crippen LogP contribution < -0.4 is 21.3 Å². The van der Waals surface area contributed by atoms with Crippen LogP contribution >= 0.6 is 0 Å². The number of rotatable bonds is 8. The fourth-order valence-corrected chi connectivity index (χ4v) is 3.77. The van der Waals surface area contributed by atoms with Crippen LogP contribution in [0.3, 0.4) is 0 Å². The van der Waals surface area contributed by atoms with Crippen LogP contribution in [0.5, 0.6) is 5.75 Å². The highest BCUT2D eigenvalue weighted by atomic mass is 16.5. The van der Waals surface area contributed by atoms with Gasteiger partial charge in [-0.05, 0) is 19.1 Å². The summed E-state index contributed by atoms with van der Waals surface area (Å²) in [6.07, 6.45) is 0.0123. The standard InChI is InChI=1S/C25H25N5O6/c1-4-35-18-13-9-8-12-17(18)27-23(32)21(16-10-6-5-7-11-16)36-19(31)14-30-15-26-22-20(30)24(33)29(3)25(34)28(22)2/h5-13,15,21H,4,14H2,1-3H3,(H,27,32). The number of nitrogens with zero attached hydrogens (tertiary/aromatic N) is 4. The zero-order valence-electron chi connectivity index (χ0n) is 20.0. The predicted molar refractivity (Wildman–Crippen MR) is 132 cm³/mol. The minimum Gasteiger partial charge on any atom is -0.492 e. The zero-order valence-corrected chi connectivity index (χ0v) is 20.0. The molecule has 0 fully saturated rings. The fourth-order valence-electron chi connectivity index (χ4n) is 3.77. The second-order valence-corrected chi connectivity index (χ2v) is 7.95. The maximum atomic E-state index is 13.2. The monoisotopic (exact) mass is 491 g/mol. The third kappa shape index (κ3) is 4.76. The lowest BCUT2D eigenvalue weighted by atomic mass is 10.1. The molecule has 186 valence electrons. The van der Waals surface area contributed by atoms with Crippen molar-refractivity contribution >= 4 is 28.7 Å². The van der Waals surface area contributed by atoms with E-state index in [0.29, 0.717) is 23.6 Å². The number of nitrogens with one attached hydrogen (secondary N) is 1. The van der Waals surface area contributed by atoms with Crippen molar-refractivity contribution in [3.05, 3.63) is 87.3 Å². The van der Waals surface area contributed by atoms with Gasteiger partial charge in [-0.25, -0.2) is 9.78 Å². The average Bonchev–Trinajstić information content (AvgIpc) is 3.30. The summed E-state index contributed by atoms with van der Waals surface area (Å²) >= 11 is 0. The number of carbonyl (C=O) groups is 2. The lowest BCUT2D eigenvalue weighted by Gasteiger charge is -2.19. The number of esters is 1. The molecule has 2 heterocycles. The third-order valence-corrected chi connectivity index (χ3v) is 5.55. The number of aromatic nitrogens is 4. The lowest BCUT2D eigenvalue weighted by molar-refractivity contribution is -0.155. The predicted octanol–water partition coefficient (Wildman–Crippen LogP) is 1.76. The summed E-state index contributed by atoms with van der Waals surface area (Å²) in [5.74, 6) is -0.861. The summed E-state index contributed by atoms with van der Waals surface area (Å²) in [6.45, 7) is 1.85. The Morgan fingerprint density at radius 1 is 1.00 bits per heavy atom. The molecule has 1 amide bonds. The first kappa shape index (κ1) is 24.5. The number of para-hydroxylation sites is 2. The van der Waals surface area contributed by atoms with Crippen LogP contribution in [0.1, 0.15) is 18.6 Å². The maximum Gasteiger partial charge on any atom is 0.332 e. The van der Waals surface area contributed by atoms with E-state index in [4.69, 9.17) is 9.47 Å². The summed E-state index contributed by atoms with van der Waals surface area (Å²) in [6, 6.07) is 15.5. The van der Waals surface area contributed by atoms with E-state index in [0.717, 1.165) is 4.57 Å². The zero-order chi connectivity index (χ0) is 25.8. The Balaban J connectivity index is 1.61. The van der Waals surface area contributed by atoms with Gasteiger partial charge in [0.05, 0.1) is 18.6 Å². The highest BCUT2D eigenvalue weighted by Crippen LogP contribution is 2.27. The average molecular weight is 492 g/mol. The minimum absolute atomic E-state index is 0.0721. The number of ether oxygens (including phenoxy) is 2. The van der Waals surface area contributed by atoms with Gasteiger partial charge >= 0.3 is 11.7 Å². The molecule has 2 aromatic carbocycles. The molecule has 1 N–H and O–H groups in total. The highest BCUT2D eigenvalue weighted by Gasteiger charge is 2.27. The van der Waals surface area contributed by atoms with Crippen molar-refractivity contribution in [3.63, 3.8) is 0 Å². The second-order valence-electron chi connectivity index (χ2n) is 7.95. The van der Waals surface area contributed by atoms with Crippen LogP contribution in [-0.2, 0) is 35.0 Å². The first-order valence-electron chi connectivity index (χ1n) is 11.2. The van der Waals surface area contributed by atoms with Crippen molar-refractivity contribution < 1.29 is 19.1 Å². The Bertz CT molecular complexity index is 1540. The van der Waals surface area contributed by atoms with Gasteiger partial charge in [0.2, 0.25) is 6.10 Å². The van der Waals surface area contributed by atoms with Gasteiger partial charge in [0.15, 0.2) is 11.2 Å². The molecule has 0 aliphatic rings. The molecule has 0 spiro atoms. The Kier molecular flexibility index (Phi) is 7.00. The summed E-state index contributed by atoms with van der Waals surface area (Å²) in [5, 5.41) is 2.77. The van der Waals surface area contributed by atoms with Crippen LogP contribution in [0.15, 0.2) is 70.5 Å². The molecule has 11 nitrogen and oxygen atoms in total. The number of hydrogen-bond donors (Lipinski definition) is 1. The molecular formula is C25H25N5O6. The molecule has 11 heteroatoms. The van der Waals surface area contributed by atoms with E-state index < -0.39 is 35.8 Å². The highest BCUT2D eigenvalue weighted by molar-refractivity contribution is 5.97. The molecule has 36 heavy (non-hydrogen) atoms. The minimum atomic E-state index is -1.27. The number of benzene rings is 2. The summed E-state index contributed by atoms with van der Waals surface area (Å²) in [4.78, 5) is 55.1. The largest absolute Gasteiger partial charge is 0.492 e. The van der Waals surface area contributed by atoms with Crippen LogP contribution in [0.4, 0.5) is 5.69 Å². The molecule has 0 aliphatic heterocycles. The summed E-state index contributed by atoms with van der Waals surface area (Å²) < 4.78 is 14.6.